The lowest BCUT2D eigenvalue weighted by Crippen LogP contribution is -2.53. The summed E-state index contributed by atoms with van der Waals surface area (Å²) in [6.45, 7) is 5.37. The van der Waals surface area contributed by atoms with Gasteiger partial charge in [-0.25, -0.2) is 8.42 Å². The number of nitrogens with one attached hydrogen (secondary N) is 1. The highest BCUT2D eigenvalue weighted by atomic mass is 32.2. The van der Waals surface area contributed by atoms with E-state index >= 15 is 0 Å². The van der Waals surface area contributed by atoms with Gasteiger partial charge in [-0.1, -0.05) is 79.4 Å². The molecular weight excluding hydrogens is 550 g/mol. The van der Waals surface area contributed by atoms with Gasteiger partial charge in [0.2, 0.25) is 11.8 Å². The number of sulfonamides is 1. The number of nitrogens with zero attached hydrogens (tertiary/aromatic N) is 2. The van der Waals surface area contributed by atoms with E-state index in [4.69, 9.17) is 4.74 Å². The Bertz CT molecular complexity index is 1440. The summed E-state index contributed by atoms with van der Waals surface area (Å²) in [5.41, 5.74) is 2.01. The maximum atomic E-state index is 14.2. The zero-order valence-electron chi connectivity index (χ0n) is 24.7. The SMILES string of the molecule is CCOc1ccccc1N(CC(=O)N(Cc1ccccc1)C(C)C(=O)NC1CCCCC1)S(=O)(=O)c1ccc(C)cc1. The number of carbonyl (C=O) groups is 2. The van der Waals surface area contributed by atoms with Crippen LogP contribution in [0, 0.1) is 6.92 Å². The normalized spacial score (nSPS) is 14.5. The summed E-state index contributed by atoms with van der Waals surface area (Å²) >= 11 is 0. The molecule has 1 N–H and O–H groups in total. The van der Waals surface area contributed by atoms with Gasteiger partial charge in [0.15, 0.2) is 0 Å². The van der Waals surface area contributed by atoms with Crippen LogP contribution in [-0.2, 0) is 26.2 Å². The molecule has 9 heteroatoms. The summed E-state index contributed by atoms with van der Waals surface area (Å²) in [7, 11) is -4.18. The molecule has 3 aromatic rings. The van der Waals surface area contributed by atoms with Crippen molar-refractivity contribution in [2.45, 2.75) is 76.4 Å². The monoisotopic (exact) mass is 591 g/mol. The molecule has 0 saturated heterocycles. The Hall–Kier alpha value is -3.85. The molecule has 0 spiro atoms. The van der Waals surface area contributed by atoms with E-state index < -0.39 is 28.5 Å². The minimum absolute atomic E-state index is 0.0601. The van der Waals surface area contributed by atoms with Crippen LogP contribution in [0.2, 0.25) is 0 Å². The van der Waals surface area contributed by atoms with E-state index in [2.05, 4.69) is 5.32 Å². The van der Waals surface area contributed by atoms with E-state index in [0.29, 0.717) is 12.4 Å². The van der Waals surface area contributed by atoms with Crippen LogP contribution in [-0.4, -0.2) is 50.4 Å². The van der Waals surface area contributed by atoms with Gasteiger partial charge in [-0.15, -0.1) is 0 Å². The summed E-state index contributed by atoms with van der Waals surface area (Å²) in [5.74, 6) is -0.387. The average Bonchev–Trinajstić information content (AvgIpc) is 3.00. The molecule has 1 atom stereocenters. The number of benzene rings is 3. The summed E-state index contributed by atoms with van der Waals surface area (Å²) in [4.78, 5) is 29.1. The summed E-state index contributed by atoms with van der Waals surface area (Å²) in [5, 5.41) is 3.13. The number of aryl methyl sites for hydroxylation is 1. The van der Waals surface area contributed by atoms with Crippen LogP contribution in [0.25, 0.3) is 0 Å². The van der Waals surface area contributed by atoms with Gasteiger partial charge in [-0.05, 0) is 63.4 Å². The molecule has 4 rings (SSSR count). The molecule has 0 aliphatic heterocycles. The van der Waals surface area contributed by atoms with Crippen molar-refractivity contribution in [3.63, 3.8) is 0 Å². The lowest BCUT2D eigenvalue weighted by molar-refractivity contribution is -0.139. The van der Waals surface area contributed by atoms with Crippen LogP contribution >= 0.6 is 0 Å². The first-order valence-corrected chi connectivity index (χ1v) is 16.1. The molecule has 1 unspecified atom stereocenters. The van der Waals surface area contributed by atoms with Gasteiger partial charge in [0.1, 0.15) is 18.3 Å². The van der Waals surface area contributed by atoms with Crippen molar-refractivity contribution < 1.29 is 22.7 Å². The predicted molar refractivity (Wildman–Crippen MR) is 165 cm³/mol. The average molecular weight is 592 g/mol. The largest absolute Gasteiger partial charge is 0.492 e. The fourth-order valence-corrected chi connectivity index (χ4v) is 6.65. The predicted octanol–water partition coefficient (Wildman–Crippen LogP) is 5.46. The molecule has 1 fully saturated rings. The molecule has 1 aliphatic carbocycles. The van der Waals surface area contributed by atoms with E-state index in [1.165, 1.54) is 17.0 Å². The Balaban J connectivity index is 1.70. The number of amides is 2. The quantitative estimate of drug-likeness (QED) is 0.302. The standard InChI is InChI=1S/C33H41N3O5S/c1-4-41-31-18-12-11-17-30(31)36(42(39,40)29-21-19-25(2)20-22-29)24-32(37)35(23-27-13-7-5-8-14-27)26(3)33(38)34-28-15-9-6-10-16-28/h5,7-8,11-14,17-22,26,28H,4,6,9-10,15-16,23-24H2,1-3H3,(H,34,38). The fraction of sp³-hybridized carbons (Fsp3) is 0.394. The zero-order valence-corrected chi connectivity index (χ0v) is 25.5. The Morgan fingerprint density at radius 1 is 0.929 bits per heavy atom. The first-order valence-electron chi connectivity index (χ1n) is 14.7. The molecule has 3 aromatic carbocycles. The van der Waals surface area contributed by atoms with Gasteiger partial charge >= 0.3 is 0 Å². The third-order valence-electron chi connectivity index (χ3n) is 7.64. The highest BCUT2D eigenvalue weighted by Gasteiger charge is 2.34. The molecule has 2 amide bonds. The van der Waals surface area contributed by atoms with Crippen LogP contribution in [0.1, 0.15) is 57.1 Å². The van der Waals surface area contributed by atoms with Crippen molar-refractivity contribution in [1.29, 1.82) is 0 Å². The number of rotatable bonds is 12. The van der Waals surface area contributed by atoms with Gasteiger partial charge in [0.05, 0.1) is 17.2 Å². The lowest BCUT2D eigenvalue weighted by atomic mass is 9.95. The van der Waals surface area contributed by atoms with Gasteiger partial charge in [0.25, 0.3) is 10.0 Å². The van der Waals surface area contributed by atoms with Gasteiger partial charge in [0, 0.05) is 12.6 Å². The van der Waals surface area contributed by atoms with E-state index in [0.717, 1.165) is 47.5 Å². The first-order chi connectivity index (χ1) is 20.2. The number of hydrogen-bond acceptors (Lipinski definition) is 5. The molecule has 42 heavy (non-hydrogen) atoms. The van der Waals surface area contributed by atoms with E-state index in [1.54, 1.807) is 43.3 Å². The van der Waals surface area contributed by atoms with Crippen molar-refractivity contribution in [2.24, 2.45) is 0 Å². The van der Waals surface area contributed by atoms with Crippen molar-refractivity contribution in [2.75, 3.05) is 17.5 Å². The summed E-state index contributed by atoms with van der Waals surface area (Å²) in [6, 6.07) is 22.0. The number of anilines is 1. The van der Waals surface area contributed by atoms with Gasteiger partial charge in [-0.2, -0.15) is 0 Å². The van der Waals surface area contributed by atoms with Crippen molar-refractivity contribution in [3.05, 3.63) is 90.0 Å². The van der Waals surface area contributed by atoms with Crippen molar-refractivity contribution >= 4 is 27.5 Å². The molecule has 0 aromatic heterocycles. The highest BCUT2D eigenvalue weighted by Crippen LogP contribution is 2.33. The number of ether oxygens (including phenoxy) is 1. The smallest absolute Gasteiger partial charge is 0.264 e. The lowest BCUT2D eigenvalue weighted by Gasteiger charge is -2.33. The van der Waals surface area contributed by atoms with E-state index in [1.807, 2.05) is 44.2 Å². The van der Waals surface area contributed by atoms with Crippen LogP contribution in [0.5, 0.6) is 5.75 Å². The Morgan fingerprint density at radius 2 is 1.57 bits per heavy atom. The van der Waals surface area contributed by atoms with Crippen LogP contribution in [0.4, 0.5) is 5.69 Å². The molecular formula is C33H41N3O5S. The second-order valence-electron chi connectivity index (χ2n) is 10.8. The second kappa shape index (κ2) is 14.4. The number of hydrogen-bond donors (Lipinski definition) is 1. The molecule has 0 bridgehead atoms. The number of carbonyl (C=O) groups excluding carboxylic acids is 2. The minimum Gasteiger partial charge on any atom is -0.492 e. The summed E-state index contributed by atoms with van der Waals surface area (Å²) < 4.78 is 35.1. The molecule has 1 aliphatic rings. The van der Waals surface area contributed by atoms with Crippen LogP contribution < -0.4 is 14.4 Å². The highest BCUT2D eigenvalue weighted by molar-refractivity contribution is 7.92. The zero-order chi connectivity index (χ0) is 30.1. The molecule has 224 valence electrons. The van der Waals surface area contributed by atoms with Crippen LogP contribution in [0.3, 0.4) is 0 Å². The maximum Gasteiger partial charge on any atom is 0.264 e. The van der Waals surface area contributed by atoms with Crippen molar-refractivity contribution in [1.82, 2.24) is 10.2 Å². The number of para-hydroxylation sites is 2. The van der Waals surface area contributed by atoms with Gasteiger partial charge in [-0.3, -0.25) is 13.9 Å². The minimum atomic E-state index is -4.18. The fourth-order valence-electron chi connectivity index (χ4n) is 5.22. The third kappa shape index (κ3) is 7.70. The van der Waals surface area contributed by atoms with E-state index in [-0.39, 0.29) is 29.1 Å². The van der Waals surface area contributed by atoms with Crippen molar-refractivity contribution in [3.8, 4) is 5.75 Å². The van der Waals surface area contributed by atoms with E-state index in [9.17, 15) is 18.0 Å². The Morgan fingerprint density at radius 3 is 2.24 bits per heavy atom. The molecule has 0 heterocycles. The van der Waals surface area contributed by atoms with Crippen LogP contribution in [0.15, 0.2) is 83.8 Å². The van der Waals surface area contributed by atoms with Gasteiger partial charge < -0.3 is 15.0 Å². The third-order valence-corrected chi connectivity index (χ3v) is 9.41. The molecule has 0 radical (unpaired) electrons. The molecule has 8 nitrogen and oxygen atoms in total. The topological polar surface area (TPSA) is 96.0 Å². The maximum absolute atomic E-state index is 14.2. The first kappa shape index (κ1) is 31.1. The Labute approximate surface area is 249 Å². The second-order valence-corrected chi connectivity index (χ2v) is 12.6. The molecule has 1 saturated carbocycles. The Kier molecular flexibility index (Phi) is 10.6. The summed E-state index contributed by atoms with van der Waals surface area (Å²) in [6.07, 6.45) is 5.13.